The van der Waals surface area contributed by atoms with E-state index >= 15 is 0 Å². The van der Waals surface area contributed by atoms with E-state index in [1.807, 2.05) is 19.1 Å². The zero-order valence-electron chi connectivity index (χ0n) is 11.5. The van der Waals surface area contributed by atoms with Crippen LogP contribution >= 0.6 is 0 Å². The van der Waals surface area contributed by atoms with E-state index in [4.69, 9.17) is 4.74 Å². The van der Waals surface area contributed by atoms with Crippen LogP contribution in [0.4, 0.5) is 0 Å². The highest BCUT2D eigenvalue weighted by atomic mass is 16.5. The van der Waals surface area contributed by atoms with Crippen LogP contribution in [-0.2, 0) is 16.8 Å². The molecule has 2 rings (SSSR count). The van der Waals surface area contributed by atoms with Gasteiger partial charge in [-0.15, -0.1) is 0 Å². The maximum atomic E-state index is 10.6. The highest BCUT2D eigenvalue weighted by Gasteiger charge is 2.25. The molecule has 0 bridgehead atoms. The zero-order chi connectivity index (χ0) is 13.0. The summed E-state index contributed by atoms with van der Waals surface area (Å²) in [6, 6.07) is 8.31. The first-order chi connectivity index (χ1) is 8.62. The van der Waals surface area contributed by atoms with E-state index in [-0.39, 0.29) is 0 Å². The third-order valence-corrected chi connectivity index (χ3v) is 3.96. The van der Waals surface area contributed by atoms with Gasteiger partial charge in [0.15, 0.2) is 0 Å². The normalized spacial score (nSPS) is 22.9. The van der Waals surface area contributed by atoms with Crippen molar-refractivity contribution in [1.29, 1.82) is 0 Å². The molecule has 2 heteroatoms. The molecule has 0 radical (unpaired) electrons. The van der Waals surface area contributed by atoms with E-state index in [1.54, 1.807) is 0 Å². The number of hydrogen-bond acceptors (Lipinski definition) is 2. The van der Waals surface area contributed by atoms with Gasteiger partial charge < -0.3 is 9.84 Å². The van der Waals surface area contributed by atoms with Crippen molar-refractivity contribution in [3.8, 4) is 0 Å². The Morgan fingerprint density at radius 3 is 2.61 bits per heavy atom. The molecule has 1 aromatic carbocycles. The molecule has 2 atom stereocenters. The van der Waals surface area contributed by atoms with E-state index in [2.05, 4.69) is 19.1 Å². The van der Waals surface area contributed by atoms with Crippen LogP contribution in [0.15, 0.2) is 24.3 Å². The summed E-state index contributed by atoms with van der Waals surface area (Å²) in [5.74, 6) is 0. The monoisotopic (exact) mass is 248 g/mol. The molecule has 0 saturated carbocycles. The van der Waals surface area contributed by atoms with Gasteiger partial charge in [0.1, 0.15) is 0 Å². The summed E-state index contributed by atoms with van der Waals surface area (Å²) in [5, 5.41) is 10.6. The molecule has 1 aromatic rings. The summed E-state index contributed by atoms with van der Waals surface area (Å²) in [6.45, 7) is 4.94. The first kappa shape index (κ1) is 13.6. The molecule has 2 unspecified atom stereocenters. The van der Waals surface area contributed by atoms with E-state index < -0.39 is 5.60 Å². The average molecular weight is 248 g/mol. The molecule has 18 heavy (non-hydrogen) atoms. The van der Waals surface area contributed by atoms with Crippen LogP contribution in [0.3, 0.4) is 0 Å². The first-order valence-corrected chi connectivity index (χ1v) is 7.05. The first-order valence-electron chi connectivity index (χ1n) is 7.05. The van der Waals surface area contributed by atoms with Crippen LogP contribution in [0.2, 0.25) is 0 Å². The predicted molar refractivity (Wildman–Crippen MR) is 73.6 cm³/mol. The molecule has 1 aliphatic heterocycles. The lowest BCUT2D eigenvalue weighted by Crippen LogP contribution is -2.23. The highest BCUT2D eigenvalue weighted by Crippen LogP contribution is 2.29. The Morgan fingerprint density at radius 1 is 1.33 bits per heavy atom. The predicted octanol–water partition coefficient (Wildman–Crippen LogP) is 3.42. The van der Waals surface area contributed by atoms with Gasteiger partial charge in [-0.2, -0.15) is 0 Å². The minimum atomic E-state index is -0.738. The van der Waals surface area contributed by atoms with Crippen LogP contribution < -0.4 is 0 Å². The number of aryl methyl sites for hydroxylation is 1. The summed E-state index contributed by atoms with van der Waals surface area (Å²) in [5.41, 5.74) is 1.59. The Kier molecular flexibility index (Phi) is 4.41. The maximum Gasteiger partial charge on any atom is 0.0869 e. The summed E-state index contributed by atoms with van der Waals surface area (Å²) in [4.78, 5) is 0. The zero-order valence-corrected chi connectivity index (χ0v) is 11.5. The number of ether oxygens (including phenoxy) is 1. The smallest absolute Gasteiger partial charge is 0.0869 e. The molecule has 0 amide bonds. The summed E-state index contributed by atoms with van der Waals surface area (Å²) in [6.07, 6.45) is 5.42. The summed E-state index contributed by atoms with van der Waals surface area (Å²) in [7, 11) is 0. The fourth-order valence-corrected chi connectivity index (χ4v) is 2.56. The molecule has 100 valence electrons. The maximum absolute atomic E-state index is 10.6. The lowest BCUT2D eigenvalue weighted by molar-refractivity contribution is 0.0220. The molecule has 0 aromatic heterocycles. The van der Waals surface area contributed by atoms with Gasteiger partial charge in [0.2, 0.25) is 0 Å². The Hall–Kier alpha value is -0.860. The van der Waals surface area contributed by atoms with Gasteiger partial charge in [-0.1, -0.05) is 31.2 Å². The topological polar surface area (TPSA) is 29.5 Å². The van der Waals surface area contributed by atoms with Gasteiger partial charge in [-0.25, -0.2) is 0 Å². The van der Waals surface area contributed by atoms with Crippen LogP contribution in [0.1, 0.15) is 50.7 Å². The molecular weight excluding hydrogens is 224 g/mol. The number of hydrogen-bond donors (Lipinski definition) is 1. The van der Waals surface area contributed by atoms with Gasteiger partial charge >= 0.3 is 0 Å². The lowest BCUT2D eigenvalue weighted by atomic mass is 9.89. The molecule has 1 saturated heterocycles. The Labute approximate surface area is 110 Å². The molecule has 1 N–H and O–H groups in total. The van der Waals surface area contributed by atoms with Crippen molar-refractivity contribution in [2.24, 2.45) is 0 Å². The second-order valence-corrected chi connectivity index (χ2v) is 5.50. The van der Waals surface area contributed by atoms with Crippen molar-refractivity contribution in [3.05, 3.63) is 35.4 Å². The minimum absolute atomic E-state index is 0.353. The standard InChI is InChI=1S/C16H24O2/c1-3-13-6-8-14(9-7-13)16(2,17)11-10-15-5-4-12-18-15/h6-9,15,17H,3-5,10-12H2,1-2H3. The van der Waals surface area contributed by atoms with Crippen LogP contribution in [-0.4, -0.2) is 17.8 Å². The highest BCUT2D eigenvalue weighted by molar-refractivity contribution is 5.26. The fourth-order valence-electron chi connectivity index (χ4n) is 2.56. The van der Waals surface area contributed by atoms with Crippen molar-refractivity contribution < 1.29 is 9.84 Å². The molecule has 2 nitrogen and oxygen atoms in total. The van der Waals surface area contributed by atoms with Crippen molar-refractivity contribution in [3.63, 3.8) is 0 Å². The Bertz CT molecular complexity index is 361. The number of aliphatic hydroxyl groups is 1. The number of benzene rings is 1. The number of rotatable bonds is 5. The largest absolute Gasteiger partial charge is 0.385 e. The molecular formula is C16H24O2. The average Bonchev–Trinajstić information content (AvgIpc) is 2.90. The van der Waals surface area contributed by atoms with E-state index in [1.165, 1.54) is 5.56 Å². The lowest BCUT2D eigenvalue weighted by Gasteiger charge is -2.25. The molecule has 1 aliphatic rings. The van der Waals surface area contributed by atoms with E-state index in [9.17, 15) is 5.11 Å². The van der Waals surface area contributed by atoms with Gasteiger partial charge in [0.05, 0.1) is 11.7 Å². The summed E-state index contributed by atoms with van der Waals surface area (Å²) >= 11 is 0. The minimum Gasteiger partial charge on any atom is -0.385 e. The van der Waals surface area contributed by atoms with Crippen LogP contribution in [0, 0.1) is 0 Å². The SMILES string of the molecule is CCc1ccc(C(C)(O)CCC2CCCO2)cc1. The Morgan fingerprint density at radius 2 is 2.06 bits per heavy atom. The Balaban J connectivity index is 1.95. The second kappa shape index (κ2) is 5.85. The van der Waals surface area contributed by atoms with Crippen molar-refractivity contribution in [1.82, 2.24) is 0 Å². The molecule has 1 fully saturated rings. The molecule has 0 spiro atoms. The van der Waals surface area contributed by atoms with E-state index in [0.717, 1.165) is 44.3 Å². The molecule has 0 aliphatic carbocycles. The van der Waals surface area contributed by atoms with Crippen LogP contribution in [0.5, 0.6) is 0 Å². The van der Waals surface area contributed by atoms with Gasteiger partial charge in [-0.3, -0.25) is 0 Å². The van der Waals surface area contributed by atoms with Crippen LogP contribution in [0.25, 0.3) is 0 Å². The molecule has 1 heterocycles. The van der Waals surface area contributed by atoms with E-state index in [0.29, 0.717) is 6.10 Å². The quantitative estimate of drug-likeness (QED) is 0.865. The van der Waals surface area contributed by atoms with Crippen molar-refractivity contribution >= 4 is 0 Å². The third kappa shape index (κ3) is 3.33. The van der Waals surface area contributed by atoms with Crippen molar-refractivity contribution in [2.75, 3.05) is 6.61 Å². The summed E-state index contributed by atoms with van der Waals surface area (Å²) < 4.78 is 5.61. The second-order valence-electron chi connectivity index (χ2n) is 5.50. The van der Waals surface area contributed by atoms with Gasteiger partial charge in [0, 0.05) is 6.61 Å². The third-order valence-electron chi connectivity index (χ3n) is 3.96. The fraction of sp³-hybridized carbons (Fsp3) is 0.625. The van der Waals surface area contributed by atoms with Crippen molar-refractivity contribution in [2.45, 2.75) is 57.7 Å². The van der Waals surface area contributed by atoms with Gasteiger partial charge in [-0.05, 0) is 50.2 Å². The van der Waals surface area contributed by atoms with Gasteiger partial charge in [0.25, 0.3) is 0 Å².